The fraction of sp³-hybridized carbons (Fsp3) is 0.0526. The Morgan fingerprint density at radius 1 is 0.960 bits per heavy atom. The third-order valence-electron chi connectivity index (χ3n) is 3.76. The number of aromatic amines is 1. The van der Waals surface area contributed by atoms with Gasteiger partial charge < -0.3 is 15.6 Å². The normalized spacial score (nSPS) is 10.8. The van der Waals surface area contributed by atoms with E-state index in [0.717, 1.165) is 22.3 Å². The van der Waals surface area contributed by atoms with Crippen molar-refractivity contribution in [1.29, 1.82) is 0 Å². The molecule has 0 amide bonds. The van der Waals surface area contributed by atoms with Gasteiger partial charge in [0.05, 0.1) is 0 Å². The van der Waals surface area contributed by atoms with Gasteiger partial charge in [-0.2, -0.15) is 4.98 Å². The highest BCUT2D eigenvalue weighted by Gasteiger charge is 2.04. The zero-order valence-corrected chi connectivity index (χ0v) is 13.5. The van der Waals surface area contributed by atoms with Crippen molar-refractivity contribution >= 4 is 34.0 Å². The maximum Gasteiger partial charge on any atom is 0.229 e. The van der Waals surface area contributed by atoms with E-state index >= 15 is 0 Å². The first-order valence-corrected chi connectivity index (χ1v) is 7.88. The molecule has 0 unspecified atom stereocenters. The average molecular weight is 333 g/mol. The summed E-state index contributed by atoms with van der Waals surface area (Å²) in [5.41, 5.74) is 3.75. The maximum atomic E-state index is 13.3. The Balaban J connectivity index is 1.55. The van der Waals surface area contributed by atoms with Crippen molar-refractivity contribution in [3.8, 4) is 0 Å². The molecule has 0 bridgehead atoms. The molecule has 4 rings (SSSR count). The van der Waals surface area contributed by atoms with Gasteiger partial charge in [0.15, 0.2) is 0 Å². The summed E-state index contributed by atoms with van der Waals surface area (Å²) in [4.78, 5) is 11.9. The fourth-order valence-electron chi connectivity index (χ4n) is 2.69. The molecule has 0 fully saturated rings. The monoisotopic (exact) mass is 333 g/mol. The molecule has 0 aliphatic rings. The van der Waals surface area contributed by atoms with Gasteiger partial charge in [0.25, 0.3) is 0 Å². The molecule has 2 aromatic carbocycles. The van der Waals surface area contributed by atoms with Crippen LogP contribution in [0, 0.1) is 12.7 Å². The first-order chi connectivity index (χ1) is 12.2. The van der Waals surface area contributed by atoms with Gasteiger partial charge in [0.1, 0.15) is 11.6 Å². The highest BCUT2D eigenvalue weighted by Crippen LogP contribution is 2.23. The summed E-state index contributed by atoms with van der Waals surface area (Å²) < 4.78 is 13.3. The molecular weight excluding hydrogens is 317 g/mol. The molecule has 0 radical (unpaired) electrons. The minimum Gasteiger partial charge on any atom is -0.359 e. The number of rotatable bonds is 4. The van der Waals surface area contributed by atoms with E-state index in [2.05, 4.69) is 37.7 Å². The first-order valence-electron chi connectivity index (χ1n) is 7.88. The van der Waals surface area contributed by atoms with E-state index in [1.54, 1.807) is 24.4 Å². The zero-order valence-electron chi connectivity index (χ0n) is 13.5. The van der Waals surface area contributed by atoms with Crippen LogP contribution in [0.4, 0.5) is 27.5 Å². The van der Waals surface area contributed by atoms with Gasteiger partial charge in [0, 0.05) is 34.2 Å². The molecule has 0 saturated heterocycles. The SMILES string of the molecule is Cc1cc2cc(Nc3ccnc(Nc4cccc(F)c4)n3)ccc2[nH]1. The lowest BCUT2D eigenvalue weighted by Gasteiger charge is -2.08. The predicted octanol–water partition coefficient (Wildman–Crippen LogP) is 4.89. The van der Waals surface area contributed by atoms with Gasteiger partial charge in [-0.3, -0.25) is 0 Å². The van der Waals surface area contributed by atoms with Crippen LogP contribution in [-0.2, 0) is 0 Å². The van der Waals surface area contributed by atoms with Crippen LogP contribution < -0.4 is 10.6 Å². The number of fused-ring (bicyclic) bond motifs is 1. The molecule has 3 N–H and O–H groups in total. The van der Waals surface area contributed by atoms with E-state index in [4.69, 9.17) is 0 Å². The van der Waals surface area contributed by atoms with Gasteiger partial charge in [-0.1, -0.05) is 6.07 Å². The predicted molar refractivity (Wildman–Crippen MR) is 98.0 cm³/mol. The van der Waals surface area contributed by atoms with Crippen LogP contribution in [0.15, 0.2) is 60.8 Å². The van der Waals surface area contributed by atoms with E-state index in [0.29, 0.717) is 17.5 Å². The molecule has 6 heteroatoms. The summed E-state index contributed by atoms with van der Waals surface area (Å²) in [7, 11) is 0. The first kappa shape index (κ1) is 15.1. The van der Waals surface area contributed by atoms with Crippen LogP contribution >= 0.6 is 0 Å². The number of hydrogen-bond acceptors (Lipinski definition) is 4. The van der Waals surface area contributed by atoms with Crippen molar-refractivity contribution < 1.29 is 4.39 Å². The second kappa shape index (κ2) is 6.24. The summed E-state index contributed by atoms with van der Waals surface area (Å²) in [6.07, 6.45) is 1.65. The van der Waals surface area contributed by atoms with E-state index < -0.39 is 0 Å². The number of anilines is 4. The van der Waals surface area contributed by atoms with Crippen molar-refractivity contribution in [2.45, 2.75) is 6.92 Å². The molecule has 124 valence electrons. The quantitative estimate of drug-likeness (QED) is 0.497. The summed E-state index contributed by atoms with van der Waals surface area (Å²) in [6, 6.07) is 16.1. The van der Waals surface area contributed by atoms with Gasteiger partial charge in [0.2, 0.25) is 5.95 Å². The second-order valence-corrected chi connectivity index (χ2v) is 5.78. The average Bonchev–Trinajstić information content (AvgIpc) is 2.94. The molecule has 5 nitrogen and oxygen atoms in total. The second-order valence-electron chi connectivity index (χ2n) is 5.78. The van der Waals surface area contributed by atoms with Crippen molar-refractivity contribution in [3.05, 3.63) is 72.3 Å². The van der Waals surface area contributed by atoms with Gasteiger partial charge in [-0.05, 0) is 55.5 Å². The summed E-state index contributed by atoms with van der Waals surface area (Å²) in [6.45, 7) is 2.03. The Morgan fingerprint density at radius 2 is 1.84 bits per heavy atom. The van der Waals surface area contributed by atoms with Crippen molar-refractivity contribution in [2.75, 3.05) is 10.6 Å². The van der Waals surface area contributed by atoms with Crippen LogP contribution in [0.3, 0.4) is 0 Å². The molecule has 2 aromatic heterocycles. The molecule has 0 atom stereocenters. The Morgan fingerprint density at radius 3 is 2.72 bits per heavy atom. The lowest BCUT2D eigenvalue weighted by atomic mass is 10.2. The molecule has 4 aromatic rings. The smallest absolute Gasteiger partial charge is 0.229 e. The zero-order chi connectivity index (χ0) is 17.2. The van der Waals surface area contributed by atoms with E-state index in [-0.39, 0.29) is 5.82 Å². The number of H-pyrrole nitrogens is 1. The highest BCUT2D eigenvalue weighted by atomic mass is 19.1. The van der Waals surface area contributed by atoms with Crippen LogP contribution in [0.1, 0.15) is 5.69 Å². The number of hydrogen-bond donors (Lipinski definition) is 3. The van der Waals surface area contributed by atoms with Crippen LogP contribution in [0.25, 0.3) is 10.9 Å². The molecule has 0 spiro atoms. The number of aryl methyl sites for hydroxylation is 1. The third kappa shape index (κ3) is 3.42. The maximum absolute atomic E-state index is 13.3. The van der Waals surface area contributed by atoms with Crippen molar-refractivity contribution in [2.24, 2.45) is 0 Å². The Labute approximate surface area is 144 Å². The summed E-state index contributed by atoms with van der Waals surface area (Å²) in [5.74, 6) is 0.740. The van der Waals surface area contributed by atoms with Crippen LogP contribution in [0.5, 0.6) is 0 Å². The van der Waals surface area contributed by atoms with E-state index in [9.17, 15) is 4.39 Å². The topological polar surface area (TPSA) is 65.6 Å². The third-order valence-corrected chi connectivity index (χ3v) is 3.76. The summed E-state index contributed by atoms with van der Waals surface area (Å²) >= 11 is 0. The Hall–Kier alpha value is -3.41. The minimum absolute atomic E-state index is 0.311. The number of benzene rings is 2. The molecule has 0 aliphatic heterocycles. The Kier molecular flexibility index (Phi) is 3.78. The molecule has 0 saturated carbocycles. The molecular formula is C19H16FN5. The lowest BCUT2D eigenvalue weighted by Crippen LogP contribution is -2.00. The number of nitrogens with one attached hydrogen (secondary N) is 3. The molecule has 25 heavy (non-hydrogen) atoms. The van der Waals surface area contributed by atoms with Gasteiger partial charge in [-0.25, -0.2) is 9.37 Å². The largest absolute Gasteiger partial charge is 0.359 e. The van der Waals surface area contributed by atoms with Crippen molar-refractivity contribution in [3.63, 3.8) is 0 Å². The van der Waals surface area contributed by atoms with E-state index in [1.165, 1.54) is 12.1 Å². The number of aromatic nitrogens is 3. The van der Waals surface area contributed by atoms with Crippen LogP contribution in [-0.4, -0.2) is 15.0 Å². The molecule has 0 aliphatic carbocycles. The van der Waals surface area contributed by atoms with Gasteiger partial charge >= 0.3 is 0 Å². The standard InChI is InChI=1S/C19H16FN5/c1-12-9-13-10-16(5-6-17(13)22-12)23-18-7-8-21-19(25-18)24-15-4-2-3-14(20)11-15/h2-11,22H,1H3,(H2,21,23,24,25). The fourth-order valence-corrected chi connectivity index (χ4v) is 2.69. The summed E-state index contributed by atoms with van der Waals surface area (Å²) in [5, 5.41) is 7.39. The van der Waals surface area contributed by atoms with Crippen molar-refractivity contribution in [1.82, 2.24) is 15.0 Å². The van der Waals surface area contributed by atoms with Gasteiger partial charge in [-0.15, -0.1) is 0 Å². The number of nitrogens with zero attached hydrogens (tertiary/aromatic N) is 2. The highest BCUT2D eigenvalue weighted by molar-refractivity contribution is 5.84. The lowest BCUT2D eigenvalue weighted by molar-refractivity contribution is 0.628. The van der Waals surface area contributed by atoms with Crippen LogP contribution in [0.2, 0.25) is 0 Å². The number of halogens is 1. The van der Waals surface area contributed by atoms with E-state index in [1.807, 2.05) is 19.1 Å². The molecule has 2 heterocycles. The minimum atomic E-state index is -0.311. The Bertz CT molecular complexity index is 1040.